The molecule has 0 radical (unpaired) electrons. The van der Waals surface area contributed by atoms with Gasteiger partial charge in [0.1, 0.15) is 0 Å². The summed E-state index contributed by atoms with van der Waals surface area (Å²) in [6.45, 7) is -2.17. The third-order valence-corrected chi connectivity index (χ3v) is 1.09. The minimum Gasteiger partial charge on any atom is -0.396 e. The maximum atomic E-state index is 11.9. The van der Waals surface area contributed by atoms with Crippen molar-refractivity contribution in [2.24, 2.45) is 0 Å². The van der Waals surface area contributed by atoms with Crippen LogP contribution in [-0.4, -0.2) is 22.5 Å². The molecule has 0 aromatic rings. The summed E-state index contributed by atoms with van der Waals surface area (Å²) in [5, 5.41) is 0. The first-order valence-electron chi connectivity index (χ1n) is 2.43. The van der Waals surface area contributed by atoms with Gasteiger partial charge in [-0.05, 0) is 0 Å². The molecule has 0 atom stereocenters. The fourth-order valence-electron chi connectivity index (χ4n) is 0.221. The lowest BCUT2D eigenvalue weighted by Gasteiger charge is -2.15. The highest BCUT2D eigenvalue weighted by molar-refractivity contribution is 6.75. The second-order valence-corrected chi connectivity index (χ2v) is 3.94. The fraction of sp³-hybridized carbons (Fsp3) is 0.750. The summed E-state index contributed by atoms with van der Waals surface area (Å²) in [5.41, 5.74) is 0. The molecular weight excluding hydrogens is 243 g/mol. The van der Waals surface area contributed by atoms with E-state index in [9.17, 15) is 18.0 Å². The van der Waals surface area contributed by atoms with Crippen molar-refractivity contribution in [3.8, 4) is 0 Å². The molecular formula is C4H2Cl3F3O2. The van der Waals surface area contributed by atoms with Gasteiger partial charge in [-0.2, -0.15) is 8.78 Å². The number of ether oxygens (including phenoxy) is 1. The van der Waals surface area contributed by atoms with E-state index in [1.54, 1.807) is 0 Å². The zero-order valence-electron chi connectivity index (χ0n) is 5.29. The minimum absolute atomic E-state index is 1.82. The van der Waals surface area contributed by atoms with Crippen LogP contribution in [0.15, 0.2) is 0 Å². The third-order valence-electron chi connectivity index (χ3n) is 0.629. The molecule has 0 spiro atoms. The Kier molecular flexibility index (Phi) is 3.93. The van der Waals surface area contributed by atoms with Gasteiger partial charge in [-0.3, -0.25) is 0 Å². The summed E-state index contributed by atoms with van der Waals surface area (Å²) in [6.07, 6.45) is -4.25. The van der Waals surface area contributed by atoms with Crippen LogP contribution in [0.2, 0.25) is 0 Å². The Morgan fingerprint density at radius 2 is 1.75 bits per heavy atom. The first-order valence-corrected chi connectivity index (χ1v) is 3.56. The number of hydrogen-bond acceptors (Lipinski definition) is 2. The molecule has 0 saturated carbocycles. The highest BCUT2D eigenvalue weighted by Crippen LogP contribution is 2.30. The molecule has 0 aliphatic rings. The molecule has 0 unspecified atom stereocenters. The van der Waals surface area contributed by atoms with Gasteiger partial charge in [-0.25, -0.2) is 9.18 Å². The van der Waals surface area contributed by atoms with E-state index in [1.165, 1.54) is 0 Å². The largest absolute Gasteiger partial charge is 0.429 e. The van der Waals surface area contributed by atoms with E-state index in [2.05, 4.69) is 4.74 Å². The van der Waals surface area contributed by atoms with E-state index in [-0.39, 0.29) is 0 Å². The summed E-state index contributed by atoms with van der Waals surface area (Å²) < 4.78 is 35.8. The second-order valence-electron chi connectivity index (χ2n) is 1.66. The van der Waals surface area contributed by atoms with Crippen molar-refractivity contribution in [1.82, 2.24) is 0 Å². The van der Waals surface area contributed by atoms with Gasteiger partial charge < -0.3 is 4.74 Å². The molecule has 0 amide bonds. The molecule has 0 aliphatic carbocycles. The minimum atomic E-state index is -4.25. The molecule has 0 aromatic heterocycles. The summed E-state index contributed by atoms with van der Waals surface area (Å²) in [4.78, 5) is 10.4. The zero-order chi connectivity index (χ0) is 9.99. The number of carbonyl (C=O) groups excluding carboxylic acids is 1. The topological polar surface area (TPSA) is 26.3 Å². The van der Waals surface area contributed by atoms with Crippen LogP contribution in [0.3, 0.4) is 0 Å². The van der Waals surface area contributed by atoms with Crippen molar-refractivity contribution < 1.29 is 22.7 Å². The van der Waals surface area contributed by atoms with Crippen LogP contribution in [-0.2, 0) is 9.53 Å². The molecule has 0 fully saturated rings. The van der Waals surface area contributed by atoms with Crippen molar-refractivity contribution in [3.63, 3.8) is 0 Å². The normalized spacial score (nSPS) is 12.8. The molecule has 0 heterocycles. The molecule has 72 valence electrons. The van der Waals surface area contributed by atoms with Crippen molar-refractivity contribution >= 4 is 40.8 Å². The molecule has 0 bridgehead atoms. The molecule has 2 nitrogen and oxygen atoms in total. The number of esters is 1. The van der Waals surface area contributed by atoms with Crippen molar-refractivity contribution in [2.75, 3.05) is 6.67 Å². The predicted octanol–water partition coefficient (Wildman–Crippen LogP) is 2.46. The fourth-order valence-corrected chi connectivity index (χ4v) is 0.336. The maximum absolute atomic E-state index is 11.9. The first-order chi connectivity index (χ1) is 5.19. The molecule has 0 N–H and O–H groups in total. The van der Waals surface area contributed by atoms with E-state index in [4.69, 9.17) is 34.8 Å². The lowest BCUT2D eigenvalue weighted by atomic mass is 10.7. The van der Waals surface area contributed by atoms with Crippen molar-refractivity contribution in [2.45, 2.75) is 9.90 Å². The van der Waals surface area contributed by atoms with E-state index < -0.39 is 22.5 Å². The summed E-state index contributed by atoms with van der Waals surface area (Å²) >= 11 is 14.5. The lowest BCUT2D eigenvalue weighted by Crippen LogP contribution is -2.33. The molecule has 0 saturated heterocycles. The van der Waals surface area contributed by atoms with E-state index >= 15 is 0 Å². The van der Waals surface area contributed by atoms with Gasteiger partial charge >= 0.3 is 12.1 Å². The van der Waals surface area contributed by atoms with E-state index in [0.29, 0.717) is 0 Å². The third kappa shape index (κ3) is 4.23. The SMILES string of the molecule is O=C(OC(F)(F)CF)C(Cl)(Cl)Cl. The lowest BCUT2D eigenvalue weighted by molar-refractivity contribution is -0.237. The van der Waals surface area contributed by atoms with Gasteiger partial charge in [-0.1, -0.05) is 34.8 Å². The van der Waals surface area contributed by atoms with Crippen LogP contribution in [0, 0.1) is 0 Å². The molecule has 12 heavy (non-hydrogen) atoms. The van der Waals surface area contributed by atoms with Crippen LogP contribution in [0.25, 0.3) is 0 Å². The average Bonchev–Trinajstić information content (AvgIpc) is 1.85. The molecule has 0 aliphatic heterocycles. The van der Waals surface area contributed by atoms with Crippen LogP contribution in [0.4, 0.5) is 13.2 Å². The quantitative estimate of drug-likeness (QED) is 0.552. The van der Waals surface area contributed by atoms with Gasteiger partial charge in [0.2, 0.25) is 0 Å². The van der Waals surface area contributed by atoms with Gasteiger partial charge in [0, 0.05) is 0 Å². The molecule has 8 heteroatoms. The van der Waals surface area contributed by atoms with Crippen LogP contribution in [0.1, 0.15) is 0 Å². The highest BCUT2D eigenvalue weighted by Gasteiger charge is 2.42. The van der Waals surface area contributed by atoms with Crippen LogP contribution < -0.4 is 0 Å². The van der Waals surface area contributed by atoms with Crippen LogP contribution in [0.5, 0.6) is 0 Å². The predicted molar refractivity (Wildman–Crippen MR) is 37.3 cm³/mol. The van der Waals surface area contributed by atoms with E-state index in [0.717, 1.165) is 0 Å². The Balaban J connectivity index is 4.20. The zero-order valence-corrected chi connectivity index (χ0v) is 7.56. The number of carbonyl (C=O) groups is 1. The van der Waals surface area contributed by atoms with Gasteiger partial charge in [0.05, 0.1) is 0 Å². The Morgan fingerprint density at radius 3 is 2.00 bits per heavy atom. The molecule has 0 aromatic carbocycles. The second kappa shape index (κ2) is 3.89. The Labute approximate surface area is 80.5 Å². The smallest absolute Gasteiger partial charge is 0.396 e. The average molecular weight is 245 g/mol. The first kappa shape index (κ1) is 12.1. The summed E-state index contributed by atoms with van der Waals surface area (Å²) in [7, 11) is 0. The highest BCUT2D eigenvalue weighted by atomic mass is 35.6. The van der Waals surface area contributed by atoms with Crippen LogP contribution >= 0.6 is 34.8 Å². The Morgan fingerprint density at radius 1 is 1.33 bits per heavy atom. The Bertz CT molecular complexity index is 179. The number of rotatable bonds is 2. The summed E-state index contributed by atoms with van der Waals surface area (Å²) in [6, 6.07) is 0. The number of alkyl halides is 6. The number of hydrogen-bond donors (Lipinski definition) is 0. The van der Waals surface area contributed by atoms with Crippen molar-refractivity contribution in [1.29, 1.82) is 0 Å². The van der Waals surface area contributed by atoms with E-state index in [1.807, 2.05) is 0 Å². The standard InChI is InChI=1S/C4H2Cl3F3O2/c5-4(6,7)2(11)12-3(9,10)1-8/h1H2. The number of halogens is 6. The summed E-state index contributed by atoms with van der Waals surface area (Å²) in [5.74, 6) is -1.82. The Hall–Kier alpha value is 0.130. The van der Waals surface area contributed by atoms with Gasteiger partial charge in [0.15, 0.2) is 6.67 Å². The monoisotopic (exact) mass is 244 g/mol. The maximum Gasteiger partial charge on any atom is 0.429 e. The molecule has 0 rings (SSSR count). The van der Waals surface area contributed by atoms with Gasteiger partial charge in [0.25, 0.3) is 3.79 Å². The van der Waals surface area contributed by atoms with Gasteiger partial charge in [-0.15, -0.1) is 0 Å². The van der Waals surface area contributed by atoms with Crippen molar-refractivity contribution in [3.05, 3.63) is 0 Å².